The van der Waals surface area contributed by atoms with Crippen LogP contribution in [0, 0.1) is 0 Å². The molecule has 0 atom stereocenters. The van der Waals surface area contributed by atoms with E-state index in [2.05, 4.69) is 10.4 Å². The average molecular weight is 215 g/mol. The Labute approximate surface area is 91.3 Å². The number of amides is 1. The van der Waals surface area contributed by atoms with Gasteiger partial charge < -0.3 is 9.64 Å². The van der Waals surface area contributed by atoms with Crippen molar-refractivity contribution in [3.63, 3.8) is 0 Å². The number of ether oxygens (including phenoxy) is 1. The van der Waals surface area contributed by atoms with Gasteiger partial charge in [-0.2, -0.15) is 0 Å². The first-order chi connectivity index (χ1) is 7.19. The fourth-order valence-corrected chi connectivity index (χ4v) is 1.83. The summed E-state index contributed by atoms with van der Waals surface area (Å²) in [6, 6.07) is 0.515. The lowest BCUT2D eigenvalue weighted by Crippen LogP contribution is -2.49. The topological polar surface area (TPSA) is 44.8 Å². The molecule has 1 rings (SSSR count). The van der Waals surface area contributed by atoms with Gasteiger partial charge in [0, 0.05) is 26.2 Å². The van der Waals surface area contributed by atoms with Crippen molar-refractivity contribution in [3.8, 4) is 0 Å². The van der Waals surface area contributed by atoms with E-state index in [9.17, 15) is 4.79 Å². The van der Waals surface area contributed by atoms with Gasteiger partial charge in [-0.1, -0.05) is 0 Å². The molecule has 0 unspecified atom stereocenters. The fraction of sp³-hybridized carbons (Fsp3) is 0.900. The molecule has 0 aromatic heterocycles. The van der Waals surface area contributed by atoms with Crippen molar-refractivity contribution in [1.29, 1.82) is 0 Å². The van der Waals surface area contributed by atoms with Gasteiger partial charge in [0.25, 0.3) is 0 Å². The van der Waals surface area contributed by atoms with E-state index in [0.717, 1.165) is 25.9 Å². The number of nitrogens with zero attached hydrogens (tertiary/aromatic N) is 2. The summed E-state index contributed by atoms with van der Waals surface area (Å²) in [6.45, 7) is 3.86. The van der Waals surface area contributed by atoms with Crippen LogP contribution in [0.15, 0.2) is 0 Å². The lowest BCUT2D eigenvalue weighted by atomic mass is 10.1. The van der Waals surface area contributed by atoms with Crippen LogP contribution in [0.4, 0.5) is 4.79 Å². The van der Waals surface area contributed by atoms with Crippen molar-refractivity contribution in [1.82, 2.24) is 15.3 Å². The quantitative estimate of drug-likeness (QED) is 0.703. The van der Waals surface area contributed by atoms with E-state index in [0.29, 0.717) is 12.6 Å². The molecule has 0 aromatic rings. The number of carbonyl (C=O) groups excluding carboxylic acids is 1. The van der Waals surface area contributed by atoms with Crippen LogP contribution in [-0.4, -0.2) is 55.8 Å². The molecule has 0 saturated carbocycles. The van der Waals surface area contributed by atoms with Crippen molar-refractivity contribution < 1.29 is 9.53 Å². The summed E-state index contributed by atoms with van der Waals surface area (Å²) in [4.78, 5) is 13.2. The van der Waals surface area contributed by atoms with Crippen LogP contribution in [-0.2, 0) is 4.74 Å². The summed E-state index contributed by atoms with van der Waals surface area (Å²) in [5.74, 6) is 0. The summed E-state index contributed by atoms with van der Waals surface area (Å²) in [5.41, 5.74) is 3.10. The molecule has 1 saturated heterocycles. The minimum Gasteiger partial charge on any atom is -0.450 e. The molecule has 5 heteroatoms. The maximum absolute atomic E-state index is 11.4. The first-order valence-electron chi connectivity index (χ1n) is 5.51. The van der Waals surface area contributed by atoms with Gasteiger partial charge in [-0.05, 0) is 26.8 Å². The van der Waals surface area contributed by atoms with E-state index in [1.54, 1.807) is 4.90 Å². The van der Waals surface area contributed by atoms with E-state index >= 15 is 0 Å². The molecular formula is C10H21N3O2. The summed E-state index contributed by atoms with van der Waals surface area (Å²) in [5, 5.41) is 2.10. The Morgan fingerprint density at radius 3 is 2.60 bits per heavy atom. The van der Waals surface area contributed by atoms with Crippen LogP contribution >= 0.6 is 0 Å². The van der Waals surface area contributed by atoms with E-state index in [1.807, 2.05) is 21.0 Å². The van der Waals surface area contributed by atoms with Gasteiger partial charge in [-0.3, -0.25) is 5.43 Å². The summed E-state index contributed by atoms with van der Waals surface area (Å²) >= 11 is 0. The number of carbonyl (C=O) groups is 1. The number of hydrazine groups is 1. The van der Waals surface area contributed by atoms with Gasteiger partial charge in [-0.25, -0.2) is 9.80 Å². The number of likely N-dealkylation sites (tertiary alicyclic amines) is 1. The van der Waals surface area contributed by atoms with Crippen LogP contribution in [0.5, 0.6) is 0 Å². The van der Waals surface area contributed by atoms with Crippen molar-refractivity contribution in [2.45, 2.75) is 25.8 Å². The first-order valence-corrected chi connectivity index (χ1v) is 5.51. The number of piperidine rings is 1. The van der Waals surface area contributed by atoms with Gasteiger partial charge in [0.2, 0.25) is 0 Å². The molecule has 0 spiro atoms. The van der Waals surface area contributed by atoms with Crippen molar-refractivity contribution in [2.75, 3.05) is 33.8 Å². The molecule has 1 heterocycles. The predicted octanol–water partition coefficient (Wildman–Crippen LogP) is 0.673. The van der Waals surface area contributed by atoms with Crippen molar-refractivity contribution in [3.05, 3.63) is 0 Å². The number of rotatable bonds is 3. The number of nitrogens with one attached hydrogen (secondary N) is 1. The highest BCUT2D eigenvalue weighted by atomic mass is 16.6. The molecule has 1 fully saturated rings. The number of hydrogen-bond donors (Lipinski definition) is 1. The zero-order chi connectivity index (χ0) is 11.3. The summed E-state index contributed by atoms with van der Waals surface area (Å²) in [7, 11) is 3.95. The molecular weight excluding hydrogens is 194 g/mol. The second-order valence-electron chi connectivity index (χ2n) is 3.75. The van der Waals surface area contributed by atoms with Crippen LogP contribution in [0.25, 0.3) is 0 Å². The van der Waals surface area contributed by atoms with Crippen molar-refractivity contribution in [2.24, 2.45) is 0 Å². The second kappa shape index (κ2) is 5.92. The van der Waals surface area contributed by atoms with E-state index in [1.165, 1.54) is 0 Å². The normalized spacial score (nSPS) is 18.3. The molecule has 0 aromatic carbocycles. The van der Waals surface area contributed by atoms with Gasteiger partial charge in [0.15, 0.2) is 0 Å². The third-order valence-electron chi connectivity index (χ3n) is 2.89. The van der Waals surface area contributed by atoms with Gasteiger partial charge >= 0.3 is 6.09 Å². The summed E-state index contributed by atoms with van der Waals surface area (Å²) in [6.07, 6.45) is 1.81. The predicted molar refractivity (Wildman–Crippen MR) is 58.4 cm³/mol. The minimum atomic E-state index is -0.178. The minimum absolute atomic E-state index is 0.178. The van der Waals surface area contributed by atoms with Gasteiger partial charge in [-0.15, -0.1) is 0 Å². The monoisotopic (exact) mass is 215 g/mol. The highest BCUT2D eigenvalue weighted by molar-refractivity contribution is 5.67. The summed E-state index contributed by atoms with van der Waals surface area (Å²) < 4.78 is 4.96. The van der Waals surface area contributed by atoms with Crippen molar-refractivity contribution >= 4 is 6.09 Å². The molecule has 0 bridgehead atoms. The molecule has 1 aliphatic rings. The third-order valence-corrected chi connectivity index (χ3v) is 2.89. The molecule has 1 amide bonds. The maximum Gasteiger partial charge on any atom is 0.409 e. The standard InChI is InChI=1S/C10H21N3O2/c1-4-15-10(14)13-7-5-9(6-8-13)12(3)11-2/h9,11H,4-8H2,1-3H3. The maximum atomic E-state index is 11.4. The van der Waals surface area contributed by atoms with Crippen LogP contribution in [0.1, 0.15) is 19.8 Å². The van der Waals surface area contributed by atoms with Gasteiger partial charge in [0.1, 0.15) is 0 Å². The number of hydrogen-bond acceptors (Lipinski definition) is 4. The zero-order valence-corrected chi connectivity index (χ0v) is 9.82. The Morgan fingerprint density at radius 1 is 1.53 bits per heavy atom. The average Bonchev–Trinajstić information content (AvgIpc) is 2.28. The lowest BCUT2D eigenvalue weighted by Gasteiger charge is -2.35. The Morgan fingerprint density at radius 2 is 2.13 bits per heavy atom. The molecule has 88 valence electrons. The van der Waals surface area contributed by atoms with Crippen LogP contribution in [0.2, 0.25) is 0 Å². The zero-order valence-electron chi connectivity index (χ0n) is 9.82. The van der Waals surface area contributed by atoms with Crippen LogP contribution < -0.4 is 5.43 Å². The highest BCUT2D eigenvalue weighted by Gasteiger charge is 2.25. The molecule has 1 N–H and O–H groups in total. The Bertz CT molecular complexity index is 203. The molecule has 1 aliphatic heterocycles. The lowest BCUT2D eigenvalue weighted by molar-refractivity contribution is 0.0707. The SMILES string of the molecule is CCOC(=O)N1CCC(N(C)NC)CC1. The first kappa shape index (κ1) is 12.3. The largest absolute Gasteiger partial charge is 0.450 e. The fourth-order valence-electron chi connectivity index (χ4n) is 1.83. The molecule has 0 radical (unpaired) electrons. The molecule has 5 nitrogen and oxygen atoms in total. The third kappa shape index (κ3) is 3.35. The second-order valence-corrected chi connectivity index (χ2v) is 3.75. The smallest absolute Gasteiger partial charge is 0.409 e. The Kier molecular flexibility index (Phi) is 4.84. The molecule has 15 heavy (non-hydrogen) atoms. The molecule has 0 aliphatic carbocycles. The van der Waals surface area contributed by atoms with E-state index in [-0.39, 0.29) is 6.09 Å². The van der Waals surface area contributed by atoms with Gasteiger partial charge in [0.05, 0.1) is 6.61 Å². The van der Waals surface area contributed by atoms with E-state index in [4.69, 9.17) is 4.74 Å². The van der Waals surface area contributed by atoms with E-state index < -0.39 is 0 Å². The Hall–Kier alpha value is -0.810. The van der Waals surface area contributed by atoms with Crippen LogP contribution in [0.3, 0.4) is 0 Å². The highest BCUT2D eigenvalue weighted by Crippen LogP contribution is 2.14. The Balaban J connectivity index is 2.32.